The maximum Gasteiger partial charge on any atom is 0.415 e. The van der Waals surface area contributed by atoms with Gasteiger partial charge in [-0.15, -0.1) is 0 Å². The monoisotopic (exact) mass is 335 g/mol. The van der Waals surface area contributed by atoms with Crippen LogP contribution in [0.5, 0.6) is 0 Å². The van der Waals surface area contributed by atoms with Crippen molar-refractivity contribution in [1.82, 2.24) is 14.9 Å². The van der Waals surface area contributed by atoms with E-state index in [9.17, 15) is 18.0 Å². The molecule has 1 aliphatic rings. The summed E-state index contributed by atoms with van der Waals surface area (Å²) in [6, 6.07) is 6.37. The summed E-state index contributed by atoms with van der Waals surface area (Å²) in [6.45, 7) is 2.71. The van der Waals surface area contributed by atoms with Crippen molar-refractivity contribution in [1.29, 1.82) is 0 Å². The minimum Gasteiger partial charge on any atom is -0.319 e. The molecule has 1 aromatic heterocycles. The van der Waals surface area contributed by atoms with E-state index in [1.165, 1.54) is 18.5 Å². The molecule has 0 aliphatic carbocycles. The normalized spacial score (nSPS) is 20.6. The SMILES string of the molecule is Cc1cnc(C(=O)N2CCc3ccccc3C2(C)C(F)(F)F)cn1. The molecule has 1 aliphatic heterocycles. The largest absolute Gasteiger partial charge is 0.415 e. The summed E-state index contributed by atoms with van der Waals surface area (Å²) >= 11 is 0. The average Bonchev–Trinajstić information content (AvgIpc) is 2.54. The third-order valence-electron chi connectivity index (χ3n) is 4.48. The summed E-state index contributed by atoms with van der Waals surface area (Å²) in [5, 5.41) is 0. The number of aromatic nitrogens is 2. The van der Waals surface area contributed by atoms with Crippen LogP contribution in [0, 0.1) is 6.92 Å². The number of hydrogen-bond donors (Lipinski definition) is 0. The van der Waals surface area contributed by atoms with E-state index in [-0.39, 0.29) is 17.8 Å². The van der Waals surface area contributed by atoms with Crippen LogP contribution in [0.4, 0.5) is 13.2 Å². The Morgan fingerprint density at radius 2 is 1.92 bits per heavy atom. The number of alkyl halides is 3. The zero-order chi connectivity index (χ0) is 17.5. The number of hydrogen-bond acceptors (Lipinski definition) is 3. The fourth-order valence-corrected chi connectivity index (χ4v) is 3.07. The number of nitrogens with zero attached hydrogens (tertiary/aromatic N) is 3. The number of benzene rings is 1. The first-order valence-electron chi connectivity index (χ1n) is 7.51. The molecule has 126 valence electrons. The Morgan fingerprint density at radius 1 is 1.21 bits per heavy atom. The van der Waals surface area contributed by atoms with Crippen molar-refractivity contribution in [2.45, 2.75) is 32.0 Å². The molecule has 2 aromatic rings. The quantitative estimate of drug-likeness (QED) is 0.804. The van der Waals surface area contributed by atoms with E-state index in [1.54, 1.807) is 25.1 Å². The van der Waals surface area contributed by atoms with Gasteiger partial charge in [-0.1, -0.05) is 24.3 Å². The lowest BCUT2D eigenvalue weighted by Gasteiger charge is -2.46. The molecule has 1 unspecified atom stereocenters. The highest BCUT2D eigenvalue weighted by atomic mass is 19.4. The van der Waals surface area contributed by atoms with E-state index in [4.69, 9.17) is 0 Å². The van der Waals surface area contributed by atoms with E-state index in [0.717, 1.165) is 11.8 Å². The predicted molar refractivity (Wildman–Crippen MR) is 81.4 cm³/mol. The molecule has 1 amide bonds. The van der Waals surface area contributed by atoms with Gasteiger partial charge in [0.15, 0.2) is 5.54 Å². The topological polar surface area (TPSA) is 46.1 Å². The molecule has 0 fully saturated rings. The molecule has 2 heterocycles. The number of carbonyl (C=O) groups excluding carboxylic acids is 1. The molecular formula is C17H16F3N3O. The number of carbonyl (C=O) groups is 1. The van der Waals surface area contributed by atoms with Gasteiger partial charge in [-0.25, -0.2) is 4.98 Å². The van der Waals surface area contributed by atoms with Gasteiger partial charge in [-0.2, -0.15) is 13.2 Å². The van der Waals surface area contributed by atoms with Crippen molar-refractivity contribution >= 4 is 5.91 Å². The van der Waals surface area contributed by atoms with Crippen molar-refractivity contribution in [2.24, 2.45) is 0 Å². The second-order valence-electron chi connectivity index (χ2n) is 5.98. The van der Waals surface area contributed by atoms with Gasteiger partial charge in [0.25, 0.3) is 5.91 Å². The standard InChI is InChI=1S/C17H16F3N3O/c1-11-9-22-14(10-21-11)15(24)23-8-7-12-5-3-4-6-13(12)16(23,2)17(18,19)20/h3-6,9-10H,7-8H2,1-2H3. The zero-order valence-electron chi connectivity index (χ0n) is 13.3. The molecule has 24 heavy (non-hydrogen) atoms. The minimum absolute atomic E-state index is 0.0264. The Kier molecular flexibility index (Phi) is 3.81. The van der Waals surface area contributed by atoms with E-state index >= 15 is 0 Å². The first-order valence-corrected chi connectivity index (χ1v) is 7.51. The second kappa shape index (κ2) is 5.58. The van der Waals surface area contributed by atoms with Gasteiger partial charge >= 0.3 is 6.18 Å². The van der Waals surface area contributed by atoms with Gasteiger partial charge in [0.05, 0.1) is 11.9 Å². The molecule has 1 atom stereocenters. The third-order valence-corrected chi connectivity index (χ3v) is 4.48. The molecule has 0 bridgehead atoms. The first-order chi connectivity index (χ1) is 11.2. The smallest absolute Gasteiger partial charge is 0.319 e. The van der Waals surface area contributed by atoms with E-state index < -0.39 is 17.6 Å². The van der Waals surface area contributed by atoms with Crippen LogP contribution in [0.1, 0.15) is 34.2 Å². The Balaban J connectivity index is 2.10. The Labute approximate surface area is 137 Å². The summed E-state index contributed by atoms with van der Waals surface area (Å²) in [4.78, 5) is 21.5. The van der Waals surface area contributed by atoms with Crippen LogP contribution >= 0.6 is 0 Å². The second-order valence-corrected chi connectivity index (χ2v) is 5.98. The van der Waals surface area contributed by atoms with Crippen molar-refractivity contribution in [3.63, 3.8) is 0 Å². The molecule has 0 saturated heterocycles. The lowest BCUT2D eigenvalue weighted by atomic mass is 9.81. The van der Waals surface area contributed by atoms with Crippen molar-refractivity contribution in [2.75, 3.05) is 6.54 Å². The van der Waals surface area contributed by atoms with Crippen molar-refractivity contribution < 1.29 is 18.0 Å². The fourth-order valence-electron chi connectivity index (χ4n) is 3.07. The first kappa shape index (κ1) is 16.4. The number of amides is 1. The molecular weight excluding hydrogens is 319 g/mol. The van der Waals surface area contributed by atoms with E-state index in [2.05, 4.69) is 9.97 Å². The maximum atomic E-state index is 14.0. The number of fused-ring (bicyclic) bond motifs is 1. The summed E-state index contributed by atoms with van der Waals surface area (Å²) < 4.78 is 41.9. The van der Waals surface area contributed by atoms with Crippen LogP contribution in [0.3, 0.4) is 0 Å². The average molecular weight is 335 g/mol. The summed E-state index contributed by atoms with van der Waals surface area (Å²) in [5.41, 5.74) is -1.18. The van der Waals surface area contributed by atoms with E-state index in [1.807, 2.05) is 0 Å². The number of halogens is 3. The minimum atomic E-state index is -4.61. The predicted octanol–water partition coefficient (Wildman–Crippen LogP) is 3.26. The van der Waals surface area contributed by atoms with Gasteiger partial charge in [-0.3, -0.25) is 9.78 Å². The number of rotatable bonds is 1. The van der Waals surface area contributed by atoms with Gasteiger partial charge in [0.2, 0.25) is 0 Å². The Bertz CT molecular complexity index is 773. The molecule has 0 spiro atoms. The Morgan fingerprint density at radius 3 is 2.54 bits per heavy atom. The van der Waals surface area contributed by atoms with Crippen LogP contribution in [-0.2, 0) is 12.0 Å². The zero-order valence-corrected chi connectivity index (χ0v) is 13.3. The molecule has 7 heteroatoms. The fraction of sp³-hybridized carbons (Fsp3) is 0.353. The molecule has 0 saturated carbocycles. The van der Waals surface area contributed by atoms with Crippen LogP contribution < -0.4 is 0 Å². The molecule has 3 rings (SSSR count). The Hall–Kier alpha value is -2.44. The van der Waals surface area contributed by atoms with Gasteiger partial charge in [0.1, 0.15) is 5.69 Å². The molecule has 0 N–H and O–H groups in total. The highest BCUT2D eigenvalue weighted by molar-refractivity contribution is 5.93. The highest BCUT2D eigenvalue weighted by Crippen LogP contribution is 2.47. The summed E-state index contributed by atoms with van der Waals surface area (Å²) in [7, 11) is 0. The van der Waals surface area contributed by atoms with Crippen LogP contribution in [0.25, 0.3) is 0 Å². The maximum absolute atomic E-state index is 14.0. The van der Waals surface area contributed by atoms with Crippen LogP contribution in [-0.4, -0.2) is 33.5 Å². The van der Waals surface area contributed by atoms with E-state index in [0.29, 0.717) is 17.7 Å². The lowest BCUT2D eigenvalue weighted by Crippen LogP contribution is -2.59. The molecule has 4 nitrogen and oxygen atoms in total. The molecule has 0 radical (unpaired) electrons. The summed E-state index contributed by atoms with van der Waals surface area (Å²) in [5.74, 6) is -0.767. The highest BCUT2D eigenvalue weighted by Gasteiger charge is 2.59. The van der Waals surface area contributed by atoms with Crippen molar-refractivity contribution in [3.05, 3.63) is 59.2 Å². The van der Waals surface area contributed by atoms with Gasteiger partial charge in [0, 0.05) is 12.7 Å². The summed E-state index contributed by atoms with van der Waals surface area (Å²) in [6.07, 6.45) is -1.66. The number of aryl methyl sites for hydroxylation is 1. The third kappa shape index (κ3) is 2.44. The lowest BCUT2D eigenvalue weighted by molar-refractivity contribution is -0.225. The van der Waals surface area contributed by atoms with Crippen LogP contribution in [0.15, 0.2) is 36.7 Å². The van der Waals surface area contributed by atoms with Gasteiger partial charge < -0.3 is 4.90 Å². The van der Waals surface area contributed by atoms with Crippen molar-refractivity contribution in [3.8, 4) is 0 Å². The van der Waals surface area contributed by atoms with Crippen LogP contribution in [0.2, 0.25) is 0 Å². The molecule has 1 aromatic carbocycles. The van der Waals surface area contributed by atoms with Gasteiger partial charge in [-0.05, 0) is 31.4 Å².